The standard InChI is InChI=1S/C12H28N2O/c1-13(2)10-11-14(3)9-7-5-6-8-12-15-4/h5-12H2,1-4H3. The highest BCUT2D eigenvalue weighted by Crippen LogP contribution is 2.01. The lowest BCUT2D eigenvalue weighted by molar-refractivity contribution is 0.191. The lowest BCUT2D eigenvalue weighted by Gasteiger charge is -2.18. The monoisotopic (exact) mass is 216 g/mol. The van der Waals surface area contributed by atoms with Gasteiger partial charge < -0.3 is 14.5 Å². The van der Waals surface area contributed by atoms with E-state index < -0.39 is 0 Å². The Labute approximate surface area is 95.4 Å². The van der Waals surface area contributed by atoms with Crippen molar-refractivity contribution in [2.45, 2.75) is 25.7 Å². The van der Waals surface area contributed by atoms with Crippen molar-refractivity contribution < 1.29 is 4.74 Å². The molecule has 0 aliphatic carbocycles. The van der Waals surface area contributed by atoms with Crippen molar-refractivity contribution in [2.75, 3.05) is 54.5 Å². The van der Waals surface area contributed by atoms with Crippen molar-refractivity contribution in [3.63, 3.8) is 0 Å². The summed E-state index contributed by atoms with van der Waals surface area (Å²) < 4.78 is 5.02. The lowest BCUT2D eigenvalue weighted by Crippen LogP contribution is -2.29. The van der Waals surface area contributed by atoms with E-state index in [9.17, 15) is 0 Å². The van der Waals surface area contributed by atoms with Gasteiger partial charge in [0.15, 0.2) is 0 Å². The highest BCUT2D eigenvalue weighted by molar-refractivity contribution is 4.54. The molecule has 3 nitrogen and oxygen atoms in total. The molecule has 0 atom stereocenters. The number of hydrogen-bond donors (Lipinski definition) is 0. The molecule has 3 heteroatoms. The number of rotatable bonds is 10. The minimum absolute atomic E-state index is 0.913. The summed E-state index contributed by atoms with van der Waals surface area (Å²) in [6.45, 7) is 4.46. The van der Waals surface area contributed by atoms with E-state index in [0.29, 0.717) is 0 Å². The summed E-state index contributed by atoms with van der Waals surface area (Å²) in [4.78, 5) is 4.64. The molecule has 0 spiro atoms. The van der Waals surface area contributed by atoms with E-state index in [-0.39, 0.29) is 0 Å². The van der Waals surface area contributed by atoms with Gasteiger partial charge >= 0.3 is 0 Å². The zero-order chi connectivity index (χ0) is 11.5. The van der Waals surface area contributed by atoms with Crippen LogP contribution in [0.3, 0.4) is 0 Å². The number of ether oxygens (including phenoxy) is 1. The number of unbranched alkanes of at least 4 members (excludes halogenated alkanes) is 3. The van der Waals surface area contributed by atoms with Gasteiger partial charge in [-0.1, -0.05) is 12.8 Å². The first-order chi connectivity index (χ1) is 7.16. The van der Waals surface area contributed by atoms with E-state index in [1.54, 1.807) is 7.11 Å². The van der Waals surface area contributed by atoms with Crippen molar-refractivity contribution in [1.82, 2.24) is 9.80 Å². The Hall–Kier alpha value is -0.120. The second kappa shape index (κ2) is 10.4. The molecule has 15 heavy (non-hydrogen) atoms. The number of likely N-dealkylation sites (N-methyl/N-ethyl adjacent to an activating group) is 2. The van der Waals surface area contributed by atoms with Crippen LogP contribution < -0.4 is 0 Å². The van der Waals surface area contributed by atoms with Gasteiger partial charge in [-0.15, -0.1) is 0 Å². The van der Waals surface area contributed by atoms with Crippen LogP contribution in [0.2, 0.25) is 0 Å². The van der Waals surface area contributed by atoms with Crippen molar-refractivity contribution in [1.29, 1.82) is 0 Å². The Morgan fingerprint density at radius 2 is 1.47 bits per heavy atom. The molecular formula is C12H28N2O. The summed E-state index contributed by atoms with van der Waals surface area (Å²) in [6, 6.07) is 0. The summed E-state index contributed by atoms with van der Waals surface area (Å²) in [5, 5.41) is 0. The summed E-state index contributed by atoms with van der Waals surface area (Å²) in [5.74, 6) is 0. The largest absolute Gasteiger partial charge is 0.385 e. The van der Waals surface area contributed by atoms with E-state index in [1.165, 1.54) is 38.8 Å². The van der Waals surface area contributed by atoms with E-state index in [4.69, 9.17) is 4.74 Å². The van der Waals surface area contributed by atoms with E-state index >= 15 is 0 Å². The van der Waals surface area contributed by atoms with Crippen molar-refractivity contribution in [3.8, 4) is 0 Å². The van der Waals surface area contributed by atoms with Gasteiger partial charge in [-0.3, -0.25) is 0 Å². The quantitative estimate of drug-likeness (QED) is 0.517. The van der Waals surface area contributed by atoms with Gasteiger partial charge in [0, 0.05) is 26.8 Å². The normalized spacial score (nSPS) is 11.6. The van der Waals surface area contributed by atoms with Gasteiger partial charge in [-0.25, -0.2) is 0 Å². The fourth-order valence-corrected chi connectivity index (χ4v) is 1.46. The second-order valence-electron chi connectivity index (χ2n) is 4.51. The van der Waals surface area contributed by atoms with Gasteiger partial charge in [0.1, 0.15) is 0 Å². The second-order valence-corrected chi connectivity index (χ2v) is 4.51. The SMILES string of the molecule is COCCCCCCN(C)CCN(C)C. The molecule has 0 amide bonds. The molecule has 0 saturated carbocycles. The van der Waals surface area contributed by atoms with E-state index in [2.05, 4.69) is 30.9 Å². The van der Waals surface area contributed by atoms with Crippen molar-refractivity contribution in [3.05, 3.63) is 0 Å². The molecule has 0 bridgehead atoms. The average molecular weight is 216 g/mol. The fourth-order valence-electron chi connectivity index (χ4n) is 1.46. The van der Waals surface area contributed by atoms with Gasteiger partial charge in [0.05, 0.1) is 0 Å². The van der Waals surface area contributed by atoms with Gasteiger partial charge in [-0.05, 0) is 40.5 Å². The zero-order valence-corrected chi connectivity index (χ0v) is 11.0. The highest BCUT2D eigenvalue weighted by atomic mass is 16.5. The third kappa shape index (κ3) is 11.8. The molecule has 0 unspecified atom stereocenters. The van der Waals surface area contributed by atoms with Crippen LogP contribution in [0, 0.1) is 0 Å². The lowest BCUT2D eigenvalue weighted by atomic mass is 10.2. The molecule has 0 aliphatic rings. The predicted octanol–water partition coefficient (Wildman–Crippen LogP) is 1.69. The van der Waals surface area contributed by atoms with E-state index in [0.717, 1.165) is 13.2 Å². The molecule has 0 aromatic carbocycles. The zero-order valence-electron chi connectivity index (χ0n) is 11.0. The van der Waals surface area contributed by atoms with Gasteiger partial charge in [-0.2, -0.15) is 0 Å². The van der Waals surface area contributed by atoms with Crippen LogP contribution in [0.5, 0.6) is 0 Å². The molecule has 0 aromatic heterocycles. The molecule has 0 aliphatic heterocycles. The van der Waals surface area contributed by atoms with Crippen molar-refractivity contribution >= 4 is 0 Å². The smallest absolute Gasteiger partial charge is 0.0462 e. The average Bonchev–Trinajstić information content (AvgIpc) is 2.20. The maximum atomic E-state index is 5.02. The highest BCUT2D eigenvalue weighted by Gasteiger charge is 1.98. The van der Waals surface area contributed by atoms with Crippen LogP contribution >= 0.6 is 0 Å². The number of hydrogen-bond acceptors (Lipinski definition) is 3. The molecule has 0 aromatic rings. The third-order valence-electron chi connectivity index (χ3n) is 2.57. The number of nitrogens with zero attached hydrogens (tertiary/aromatic N) is 2. The summed E-state index contributed by atoms with van der Waals surface area (Å²) in [5.41, 5.74) is 0. The van der Waals surface area contributed by atoms with Crippen LogP contribution in [-0.2, 0) is 4.74 Å². The number of methoxy groups -OCH3 is 1. The van der Waals surface area contributed by atoms with Crippen LogP contribution in [0.1, 0.15) is 25.7 Å². The van der Waals surface area contributed by atoms with Crippen LogP contribution in [0.15, 0.2) is 0 Å². The van der Waals surface area contributed by atoms with Crippen LogP contribution in [-0.4, -0.2) is 64.3 Å². The van der Waals surface area contributed by atoms with E-state index in [1.807, 2.05) is 0 Å². The maximum Gasteiger partial charge on any atom is 0.0462 e. The molecular weight excluding hydrogens is 188 g/mol. The molecule has 92 valence electrons. The van der Waals surface area contributed by atoms with Gasteiger partial charge in [0.2, 0.25) is 0 Å². The fraction of sp³-hybridized carbons (Fsp3) is 1.00. The molecule has 0 fully saturated rings. The molecule has 0 N–H and O–H groups in total. The van der Waals surface area contributed by atoms with Crippen molar-refractivity contribution in [2.24, 2.45) is 0 Å². The molecule has 0 heterocycles. The molecule has 0 saturated heterocycles. The predicted molar refractivity (Wildman–Crippen MR) is 66.4 cm³/mol. The Morgan fingerprint density at radius 3 is 2.07 bits per heavy atom. The Bertz CT molecular complexity index is 129. The molecule has 0 radical (unpaired) electrons. The maximum absolute atomic E-state index is 5.02. The third-order valence-corrected chi connectivity index (χ3v) is 2.57. The minimum Gasteiger partial charge on any atom is -0.385 e. The summed E-state index contributed by atoms with van der Waals surface area (Å²) in [6.07, 6.45) is 5.15. The van der Waals surface area contributed by atoms with Crippen LogP contribution in [0.4, 0.5) is 0 Å². The first-order valence-corrected chi connectivity index (χ1v) is 5.99. The Balaban J connectivity index is 3.13. The first kappa shape index (κ1) is 14.9. The van der Waals surface area contributed by atoms with Crippen LogP contribution in [0.25, 0.3) is 0 Å². The first-order valence-electron chi connectivity index (χ1n) is 5.99. The molecule has 0 rings (SSSR count). The Morgan fingerprint density at radius 1 is 0.800 bits per heavy atom. The topological polar surface area (TPSA) is 15.7 Å². The van der Waals surface area contributed by atoms with Gasteiger partial charge in [0.25, 0.3) is 0 Å². The minimum atomic E-state index is 0.913. The summed E-state index contributed by atoms with van der Waals surface area (Å²) >= 11 is 0. The summed E-state index contributed by atoms with van der Waals surface area (Å²) in [7, 11) is 8.23. The Kier molecular flexibility index (Phi) is 10.3.